The van der Waals surface area contributed by atoms with Crippen LogP contribution in [0.1, 0.15) is 107 Å². The van der Waals surface area contributed by atoms with Crippen LogP contribution in [0.3, 0.4) is 0 Å². The summed E-state index contributed by atoms with van der Waals surface area (Å²) in [4.78, 5) is 0. The van der Waals surface area contributed by atoms with E-state index >= 15 is 0 Å². The van der Waals surface area contributed by atoms with Gasteiger partial charge >= 0.3 is 0 Å². The minimum absolute atomic E-state index is 0.0823. The van der Waals surface area contributed by atoms with Crippen molar-refractivity contribution in [1.29, 1.82) is 0 Å². The van der Waals surface area contributed by atoms with Gasteiger partial charge in [0.1, 0.15) is 6.10 Å². The summed E-state index contributed by atoms with van der Waals surface area (Å²) in [6, 6.07) is 0. The average Bonchev–Trinajstić information content (AvgIpc) is 3.41. The molecule has 0 radical (unpaired) electrons. The summed E-state index contributed by atoms with van der Waals surface area (Å²) >= 11 is 0. The van der Waals surface area contributed by atoms with Crippen LogP contribution in [-0.2, 0) is 4.74 Å². The van der Waals surface area contributed by atoms with Crippen molar-refractivity contribution >= 4 is 0 Å². The maximum Gasteiger partial charge on any atom is 0.101 e. The van der Waals surface area contributed by atoms with Crippen molar-refractivity contribution in [2.75, 3.05) is 0 Å². The quantitative estimate of drug-likeness (QED) is 0.422. The summed E-state index contributed by atoms with van der Waals surface area (Å²) < 4.78 is 6.91. The van der Waals surface area contributed by atoms with Gasteiger partial charge in [0.05, 0.1) is 12.2 Å². The predicted molar refractivity (Wildman–Crippen MR) is 139 cm³/mol. The maximum atomic E-state index is 10.9. The molecule has 1 aliphatic heterocycles. The van der Waals surface area contributed by atoms with E-state index in [1.165, 1.54) is 44.9 Å². The first-order chi connectivity index (χ1) is 15.8. The van der Waals surface area contributed by atoms with Crippen molar-refractivity contribution < 1.29 is 9.84 Å². The molecular weight excluding hydrogens is 416 g/mol. The number of hydrogen-bond acceptors (Lipinski definition) is 2. The van der Waals surface area contributed by atoms with E-state index in [1.807, 2.05) is 6.92 Å². The normalized spacial score (nSPS) is 60.1. The van der Waals surface area contributed by atoms with Crippen molar-refractivity contribution in [3.63, 3.8) is 0 Å². The van der Waals surface area contributed by atoms with Gasteiger partial charge in [-0.25, -0.2) is 0 Å². The number of aliphatic hydroxyl groups excluding tert-OH is 1. The van der Waals surface area contributed by atoms with Crippen LogP contribution in [0, 0.1) is 62.6 Å². The lowest BCUT2D eigenvalue weighted by Gasteiger charge is -2.64. The van der Waals surface area contributed by atoms with E-state index in [2.05, 4.69) is 55.0 Å². The van der Waals surface area contributed by atoms with Gasteiger partial charge in [-0.3, -0.25) is 0 Å². The van der Waals surface area contributed by atoms with Gasteiger partial charge in [0.15, 0.2) is 0 Å². The van der Waals surface area contributed by atoms with Gasteiger partial charge in [-0.05, 0) is 126 Å². The molecule has 5 saturated carbocycles. The Morgan fingerprint density at radius 2 is 1.59 bits per heavy atom. The molecule has 34 heavy (non-hydrogen) atoms. The number of aliphatic hydroxyl groups is 1. The highest BCUT2D eigenvalue weighted by atomic mass is 16.5. The van der Waals surface area contributed by atoms with Crippen LogP contribution < -0.4 is 0 Å². The SMILES string of the molecule is C=C(C)[C@@H](O)[C@H]1C[C@@H](C)[C@H]2[C@H](O1)[C@H](C)[C@@]1(C)[C@@H]3CC[C@H]4C(C)(C)C(C)CC[C@@]45C[C@@]35CC[C@]21C. The van der Waals surface area contributed by atoms with Gasteiger partial charge in [0.25, 0.3) is 0 Å². The zero-order valence-electron chi connectivity index (χ0n) is 23.4. The Balaban J connectivity index is 1.37. The first-order valence-corrected chi connectivity index (χ1v) is 14.8. The van der Waals surface area contributed by atoms with Gasteiger partial charge < -0.3 is 9.84 Å². The Morgan fingerprint density at radius 1 is 0.941 bits per heavy atom. The number of hydrogen-bond donors (Lipinski definition) is 1. The van der Waals surface area contributed by atoms with Crippen molar-refractivity contribution in [2.24, 2.45) is 62.6 Å². The number of fused-ring (bicyclic) bond motifs is 4. The highest BCUT2D eigenvalue weighted by Crippen LogP contribution is 2.90. The fourth-order valence-electron chi connectivity index (χ4n) is 12.5. The van der Waals surface area contributed by atoms with Gasteiger partial charge in [0, 0.05) is 0 Å². The molecule has 0 aromatic heterocycles. The van der Waals surface area contributed by atoms with Crippen molar-refractivity contribution in [3.05, 3.63) is 12.2 Å². The topological polar surface area (TPSA) is 29.5 Å². The molecule has 1 N–H and O–H groups in total. The van der Waals surface area contributed by atoms with Gasteiger partial charge in [-0.2, -0.15) is 0 Å². The monoisotopic (exact) mass is 468 g/mol. The second kappa shape index (κ2) is 6.94. The fraction of sp³-hybridized carbons (Fsp3) is 0.938. The molecule has 0 amide bonds. The van der Waals surface area contributed by atoms with E-state index in [9.17, 15) is 5.11 Å². The molecule has 2 spiro atoms. The zero-order valence-corrected chi connectivity index (χ0v) is 23.4. The number of ether oxygens (including phenoxy) is 1. The Morgan fingerprint density at radius 3 is 2.26 bits per heavy atom. The molecule has 6 fully saturated rings. The van der Waals surface area contributed by atoms with Crippen LogP contribution in [0.5, 0.6) is 0 Å². The minimum atomic E-state index is -0.529. The van der Waals surface area contributed by atoms with Crippen LogP contribution >= 0.6 is 0 Å². The van der Waals surface area contributed by atoms with Crippen LogP contribution in [0.2, 0.25) is 0 Å². The highest BCUT2D eigenvalue weighted by molar-refractivity contribution is 5.32. The summed E-state index contributed by atoms with van der Waals surface area (Å²) in [6.45, 7) is 24.1. The third-order valence-corrected chi connectivity index (χ3v) is 14.7. The molecule has 192 valence electrons. The zero-order chi connectivity index (χ0) is 24.6. The lowest BCUT2D eigenvalue weighted by molar-refractivity contribution is -0.165. The lowest BCUT2D eigenvalue weighted by atomic mass is 9.40. The van der Waals surface area contributed by atoms with Crippen LogP contribution in [0.4, 0.5) is 0 Å². The summed E-state index contributed by atoms with van der Waals surface area (Å²) in [5.74, 6) is 4.41. The average molecular weight is 469 g/mol. The summed E-state index contributed by atoms with van der Waals surface area (Å²) in [7, 11) is 0. The van der Waals surface area contributed by atoms with E-state index < -0.39 is 6.10 Å². The summed E-state index contributed by atoms with van der Waals surface area (Å²) in [5, 5.41) is 10.9. The molecule has 2 nitrogen and oxygen atoms in total. The van der Waals surface area contributed by atoms with Crippen molar-refractivity contribution in [2.45, 2.75) is 125 Å². The molecule has 0 bridgehead atoms. The van der Waals surface area contributed by atoms with Crippen LogP contribution in [0.15, 0.2) is 12.2 Å². The van der Waals surface area contributed by atoms with E-state index in [0.717, 1.165) is 29.7 Å². The van der Waals surface area contributed by atoms with E-state index in [4.69, 9.17) is 4.74 Å². The molecule has 0 aromatic rings. The first-order valence-electron chi connectivity index (χ1n) is 14.8. The highest BCUT2D eigenvalue weighted by Gasteiger charge is 2.83. The smallest absolute Gasteiger partial charge is 0.101 e. The van der Waals surface area contributed by atoms with Gasteiger partial charge in [-0.15, -0.1) is 0 Å². The van der Waals surface area contributed by atoms with Crippen molar-refractivity contribution in [1.82, 2.24) is 0 Å². The predicted octanol–water partition coefficient (Wildman–Crippen LogP) is 7.65. The van der Waals surface area contributed by atoms with E-state index in [0.29, 0.717) is 44.8 Å². The molecule has 6 aliphatic rings. The molecule has 1 heterocycles. The fourth-order valence-corrected chi connectivity index (χ4v) is 12.5. The standard InChI is InChI=1S/C32H52O2/c1-18(2)26(33)22-16-19(3)25-27(34-22)21(5)30(9)24-11-10-23-28(6,7)20(4)12-13-31(23)17-32(24,31)15-14-29(25,30)8/h19-27,33H,1,10-17H2,2-9H3/t19-,20?,21+,22-,23+,24+,25+,26-,27-,29-,30+,31-,32+/m1/s1. The molecule has 6 rings (SSSR count). The lowest BCUT2D eigenvalue weighted by Crippen LogP contribution is -2.58. The second-order valence-electron chi connectivity index (χ2n) is 15.6. The van der Waals surface area contributed by atoms with Crippen molar-refractivity contribution in [3.8, 4) is 0 Å². The Bertz CT molecular complexity index is 891. The summed E-state index contributed by atoms with van der Waals surface area (Å²) in [6.07, 6.45) is 10.8. The Hall–Kier alpha value is -0.340. The molecule has 2 heteroatoms. The molecule has 13 atom stereocenters. The third-order valence-electron chi connectivity index (χ3n) is 14.7. The summed E-state index contributed by atoms with van der Waals surface area (Å²) in [5.41, 5.74) is 3.26. The largest absolute Gasteiger partial charge is 0.386 e. The van der Waals surface area contributed by atoms with E-state index in [-0.39, 0.29) is 12.2 Å². The molecular formula is C32H52O2. The Labute approximate surface area is 209 Å². The molecule has 0 aromatic carbocycles. The van der Waals surface area contributed by atoms with Crippen LogP contribution in [0.25, 0.3) is 0 Å². The molecule has 1 unspecified atom stereocenters. The maximum absolute atomic E-state index is 10.9. The minimum Gasteiger partial charge on any atom is -0.386 e. The van der Waals surface area contributed by atoms with Gasteiger partial charge in [-0.1, -0.05) is 55.0 Å². The van der Waals surface area contributed by atoms with Gasteiger partial charge in [0.2, 0.25) is 0 Å². The second-order valence-corrected chi connectivity index (χ2v) is 15.6. The molecule has 5 aliphatic carbocycles. The van der Waals surface area contributed by atoms with Crippen LogP contribution in [-0.4, -0.2) is 23.4 Å². The first kappa shape index (κ1) is 24.0. The number of rotatable bonds is 2. The Kier molecular flexibility index (Phi) is 4.91. The molecule has 1 saturated heterocycles. The third kappa shape index (κ3) is 2.47. The van der Waals surface area contributed by atoms with E-state index in [1.54, 1.807) is 0 Å².